The van der Waals surface area contributed by atoms with E-state index >= 15 is 0 Å². The first kappa shape index (κ1) is 14.4. The van der Waals surface area contributed by atoms with Crippen molar-refractivity contribution < 1.29 is 4.79 Å². The zero-order valence-corrected chi connectivity index (χ0v) is 12.1. The lowest BCUT2D eigenvalue weighted by Crippen LogP contribution is -2.30. The molecule has 1 amide bonds. The Kier molecular flexibility index (Phi) is 5.23. The van der Waals surface area contributed by atoms with Crippen molar-refractivity contribution in [2.45, 2.75) is 31.7 Å². The van der Waals surface area contributed by atoms with Crippen molar-refractivity contribution in [1.29, 1.82) is 0 Å². The van der Waals surface area contributed by atoms with E-state index in [2.05, 4.69) is 5.32 Å². The van der Waals surface area contributed by atoms with Crippen molar-refractivity contribution in [3.8, 4) is 0 Å². The summed E-state index contributed by atoms with van der Waals surface area (Å²) >= 11 is 5.91. The second-order valence-electron chi connectivity index (χ2n) is 5.00. The minimum atomic E-state index is 0.236. The fraction of sp³-hybridized carbons (Fsp3) is 0.533. The molecule has 1 aliphatic heterocycles. The third-order valence-electron chi connectivity index (χ3n) is 3.65. The van der Waals surface area contributed by atoms with Gasteiger partial charge in [-0.05, 0) is 50.6 Å². The van der Waals surface area contributed by atoms with E-state index in [0.717, 1.165) is 37.4 Å². The number of amides is 1. The monoisotopic (exact) mass is 280 g/mol. The Morgan fingerprint density at radius 2 is 2.16 bits per heavy atom. The maximum absolute atomic E-state index is 12.2. The van der Waals surface area contributed by atoms with Gasteiger partial charge in [0.2, 0.25) is 5.91 Å². The van der Waals surface area contributed by atoms with Crippen LogP contribution in [-0.4, -0.2) is 30.9 Å². The summed E-state index contributed by atoms with van der Waals surface area (Å²) in [6.07, 6.45) is 3.68. The number of rotatable bonds is 5. The Labute approximate surface area is 119 Å². The van der Waals surface area contributed by atoms with Crippen LogP contribution < -0.4 is 5.32 Å². The van der Waals surface area contributed by atoms with Gasteiger partial charge in [0.25, 0.3) is 0 Å². The van der Waals surface area contributed by atoms with Crippen molar-refractivity contribution in [2.75, 3.05) is 20.1 Å². The van der Waals surface area contributed by atoms with Gasteiger partial charge in [-0.25, -0.2) is 0 Å². The normalized spacial score (nSPS) is 18.8. The van der Waals surface area contributed by atoms with Gasteiger partial charge in [0.05, 0.1) is 6.04 Å². The molecule has 1 aromatic carbocycles. The molecular formula is C15H21ClN2O. The van der Waals surface area contributed by atoms with Crippen molar-refractivity contribution in [2.24, 2.45) is 0 Å². The van der Waals surface area contributed by atoms with Crippen LogP contribution in [0.15, 0.2) is 24.3 Å². The summed E-state index contributed by atoms with van der Waals surface area (Å²) in [5, 5.41) is 3.82. The summed E-state index contributed by atoms with van der Waals surface area (Å²) < 4.78 is 0. The summed E-state index contributed by atoms with van der Waals surface area (Å²) in [6.45, 7) is 1.77. The molecule has 1 saturated heterocycles. The number of hydrogen-bond donors (Lipinski definition) is 1. The van der Waals surface area contributed by atoms with Crippen LogP contribution in [0.1, 0.15) is 37.3 Å². The molecule has 1 heterocycles. The van der Waals surface area contributed by atoms with Gasteiger partial charge in [-0.15, -0.1) is 0 Å². The second kappa shape index (κ2) is 6.92. The first-order valence-corrected chi connectivity index (χ1v) is 7.29. The highest BCUT2D eigenvalue weighted by atomic mass is 35.5. The van der Waals surface area contributed by atoms with Crippen molar-refractivity contribution in [3.05, 3.63) is 34.9 Å². The van der Waals surface area contributed by atoms with Crippen LogP contribution in [0.3, 0.4) is 0 Å². The minimum Gasteiger partial charge on any atom is -0.336 e. The highest BCUT2D eigenvalue weighted by Crippen LogP contribution is 2.32. The smallest absolute Gasteiger partial charge is 0.223 e. The van der Waals surface area contributed by atoms with Crippen LogP contribution in [0.2, 0.25) is 5.02 Å². The fourth-order valence-electron chi connectivity index (χ4n) is 2.66. The van der Waals surface area contributed by atoms with Gasteiger partial charge < -0.3 is 10.2 Å². The van der Waals surface area contributed by atoms with E-state index in [-0.39, 0.29) is 11.9 Å². The molecule has 19 heavy (non-hydrogen) atoms. The molecule has 1 atom stereocenters. The van der Waals surface area contributed by atoms with Crippen LogP contribution >= 0.6 is 11.6 Å². The van der Waals surface area contributed by atoms with Gasteiger partial charge in [0.1, 0.15) is 0 Å². The highest BCUT2D eigenvalue weighted by molar-refractivity contribution is 6.30. The summed E-state index contributed by atoms with van der Waals surface area (Å²) in [5.74, 6) is 0.271. The third kappa shape index (κ3) is 3.71. The number of carbonyl (C=O) groups is 1. The van der Waals surface area contributed by atoms with Crippen molar-refractivity contribution in [3.63, 3.8) is 0 Å². The average molecular weight is 281 g/mol. The van der Waals surface area contributed by atoms with Gasteiger partial charge in [-0.1, -0.05) is 23.7 Å². The Balaban J connectivity index is 2.00. The van der Waals surface area contributed by atoms with Crippen LogP contribution in [0.4, 0.5) is 0 Å². The Morgan fingerprint density at radius 3 is 2.84 bits per heavy atom. The van der Waals surface area contributed by atoms with Crippen molar-refractivity contribution in [1.82, 2.24) is 10.2 Å². The Bertz CT molecular complexity index is 419. The maximum atomic E-state index is 12.2. The molecule has 1 unspecified atom stereocenters. The van der Waals surface area contributed by atoms with Crippen LogP contribution in [-0.2, 0) is 4.79 Å². The zero-order valence-electron chi connectivity index (χ0n) is 11.4. The summed E-state index contributed by atoms with van der Waals surface area (Å²) in [7, 11) is 1.91. The van der Waals surface area contributed by atoms with Gasteiger partial charge in [0, 0.05) is 18.0 Å². The zero-order chi connectivity index (χ0) is 13.7. The Hall–Kier alpha value is -1.06. The van der Waals surface area contributed by atoms with E-state index in [1.165, 1.54) is 5.56 Å². The number of nitrogens with zero attached hydrogens (tertiary/aromatic N) is 1. The number of carbonyl (C=O) groups excluding carboxylic acids is 1. The predicted molar refractivity (Wildman–Crippen MR) is 78.3 cm³/mol. The molecule has 1 aliphatic rings. The van der Waals surface area contributed by atoms with E-state index in [1.807, 2.05) is 36.2 Å². The molecule has 2 rings (SSSR count). The largest absolute Gasteiger partial charge is 0.336 e. The van der Waals surface area contributed by atoms with Crippen molar-refractivity contribution >= 4 is 17.5 Å². The molecule has 1 N–H and O–H groups in total. The molecule has 0 aromatic heterocycles. The molecule has 1 fully saturated rings. The standard InChI is InChI=1S/C15H21ClN2O/c1-17-10-2-5-15(19)18-11-3-4-14(18)12-6-8-13(16)9-7-12/h6-9,14,17H,2-5,10-11H2,1H3. The number of benzene rings is 1. The molecule has 104 valence electrons. The van der Waals surface area contributed by atoms with Gasteiger partial charge in [-0.2, -0.15) is 0 Å². The molecule has 0 spiro atoms. The first-order valence-electron chi connectivity index (χ1n) is 6.92. The van der Waals surface area contributed by atoms with E-state index in [1.54, 1.807) is 0 Å². The predicted octanol–water partition coefficient (Wildman–Crippen LogP) is 3.00. The first-order chi connectivity index (χ1) is 9.22. The molecule has 0 radical (unpaired) electrons. The molecule has 0 aliphatic carbocycles. The second-order valence-corrected chi connectivity index (χ2v) is 5.44. The van der Waals surface area contributed by atoms with Crippen LogP contribution in [0.25, 0.3) is 0 Å². The maximum Gasteiger partial charge on any atom is 0.223 e. The number of halogens is 1. The minimum absolute atomic E-state index is 0.236. The van der Waals surface area contributed by atoms with Gasteiger partial charge in [0.15, 0.2) is 0 Å². The lowest BCUT2D eigenvalue weighted by Gasteiger charge is -2.25. The van der Waals surface area contributed by atoms with E-state index in [9.17, 15) is 4.79 Å². The summed E-state index contributed by atoms with van der Waals surface area (Å²) in [4.78, 5) is 14.3. The third-order valence-corrected chi connectivity index (χ3v) is 3.90. The number of nitrogens with one attached hydrogen (secondary N) is 1. The highest BCUT2D eigenvalue weighted by Gasteiger charge is 2.29. The lowest BCUT2D eigenvalue weighted by molar-refractivity contribution is -0.132. The molecular weight excluding hydrogens is 260 g/mol. The average Bonchev–Trinajstić information content (AvgIpc) is 2.89. The van der Waals surface area contributed by atoms with E-state index in [0.29, 0.717) is 6.42 Å². The van der Waals surface area contributed by atoms with Gasteiger partial charge in [-0.3, -0.25) is 4.79 Å². The molecule has 1 aromatic rings. The fourth-order valence-corrected chi connectivity index (χ4v) is 2.78. The number of likely N-dealkylation sites (tertiary alicyclic amines) is 1. The topological polar surface area (TPSA) is 32.3 Å². The molecule has 0 bridgehead atoms. The van der Waals surface area contributed by atoms with Gasteiger partial charge >= 0.3 is 0 Å². The summed E-state index contributed by atoms with van der Waals surface area (Å²) in [6, 6.07) is 8.11. The van der Waals surface area contributed by atoms with E-state index in [4.69, 9.17) is 11.6 Å². The Morgan fingerprint density at radius 1 is 1.42 bits per heavy atom. The summed E-state index contributed by atoms with van der Waals surface area (Å²) in [5.41, 5.74) is 1.20. The van der Waals surface area contributed by atoms with Crippen LogP contribution in [0, 0.1) is 0 Å². The quantitative estimate of drug-likeness (QED) is 0.841. The molecule has 4 heteroatoms. The SMILES string of the molecule is CNCCCC(=O)N1CCCC1c1ccc(Cl)cc1. The number of hydrogen-bond acceptors (Lipinski definition) is 2. The molecule has 3 nitrogen and oxygen atoms in total. The lowest BCUT2D eigenvalue weighted by atomic mass is 10.0. The van der Waals surface area contributed by atoms with Crippen LogP contribution in [0.5, 0.6) is 0 Å². The molecule has 0 saturated carbocycles. The van der Waals surface area contributed by atoms with E-state index < -0.39 is 0 Å².